The highest BCUT2D eigenvalue weighted by molar-refractivity contribution is 5.68. The van der Waals surface area contributed by atoms with E-state index in [4.69, 9.17) is 9.84 Å². The van der Waals surface area contributed by atoms with E-state index in [2.05, 4.69) is 18.3 Å². The summed E-state index contributed by atoms with van der Waals surface area (Å²) in [7, 11) is 0. The minimum absolute atomic E-state index is 0.124. The molecule has 1 rings (SSSR count). The van der Waals surface area contributed by atoms with E-state index >= 15 is 0 Å². The highest BCUT2D eigenvalue weighted by Crippen LogP contribution is 2.30. The molecule has 0 bridgehead atoms. The molecular weight excluding hydrogens is 268 g/mol. The molecule has 0 aliphatic heterocycles. The predicted octanol–water partition coefficient (Wildman–Crippen LogP) is 2.50. The second kappa shape index (κ2) is 9.23. The van der Waals surface area contributed by atoms with Crippen molar-refractivity contribution in [3.8, 4) is 5.75 Å². The number of hydrogen-bond donors (Lipinski definition) is 2. The Morgan fingerprint density at radius 2 is 2.10 bits per heavy atom. The quantitative estimate of drug-likeness (QED) is 0.694. The first-order valence-corrected chi connectivity index (χ1v) is 7.55. The molecule has 5 nitrogen and oxygen atoms in total. The van der Waals surface area contributed by atoms with Crippen molar-refractivity contribution in [1.82, 2.24) is 5.32 Å². The summed E-state index contributed by atoms with van der Waals surface area (Å²) in [5, 5.41) is 12.1. The normalized spacial score (nSPS) is 10.4. The number of carboxylic acid groups (broad SMARTS) is 1. The SMILES string of the molecule is CCNCc1ccc(N(CC)CCC(=O)O)c(OCC)c1. The number of nitrogens with one attached hydrogen (secondary N) is 1. The van der Waals surface area contributed by atoms with Gasteiger partial charge < -0.3 is 20.1 Å². The number of carboxylic acids is 1. The van der Waals surface area contributed by atoms with E-state index in [1.165, 1.54) is 5.56 Å². The molecule has 0 saturated heterocycles. The van der Waals surface area contributed by atoms with Crippen LogP contribution in [0.25, 0.3) is 0 Å². The van der Waals surface area contributed by atoms with Crippen LogP contribution in [0, 0.1) is 0 Å². The maximum atomic E-state index is 10.8. The lowest BCUT2D eigenvalue weighted by Crippen LogP contribution is -2.26. The van der Waals surface area contributed by atoms with Crippen molar-refractivity contribution in [1.29, 1.82) is 0 Å². The van der Waals surface area contributed by atoms with Crippen LogP contribution >= 0.6 is 0 Å². The molecule has 0 amide bonds. The zero-order valence-electron chi connectivity index (χ0n) is 13.2. The summed E-state index contributed by atoms with van der Waals surface area (Å²) in [6, 6.07) is 6.11. The summed E-state index contributed by atoms with van der Waals surface area (Å²) < 4.78 is 5.73. The first-order valence-electron chi connectivity index (χ1n) is 7.55. The Bertz CT molecular complexity index is 449. The van der Waals surface area contributed by atoms with Gasteiger partial charge in [0.2, 0.25) is 0 Å². The summed E-state index contributed by atoms with van der Waals surface area (Å²) in [6.45, 7) is 9.59. The Morgan fingerprint density at radius 3 is 2.67 bits per heavy atom. The summed E-state index contributed by atoms with van der Waals surface area (Å²) in [6.07, 6.45) is 0.124. The van der Waals surface area contributed by atoms with Crippen molar-refractivity contribution in [3.05, 3.63) is 23.8 Å². The van der Waals surface area contributed by atoms with Crippen LogP contribution in [0.3, 0.4) is 0 Å². The number of ether oxygens (including phenoxy) is 1. The van der Waals surface area contributed by atoms with E-state index < -0.39 is 5.97 Å². The van der Waals surface area contributed by atoms with Crippen molar-refractivity contribution in [3.63, 3.8) is 0 Å². The molecule has 0 aliphatic carbocycles. The van der Waals surface area contributed by atoms with Crippen LogP contribution in [0.1, 0.15) is 32.8 Å². The molecule has 118 valence electrons. The minimum Gasteiger partial charge on any atom is -0.492 e. The third kappa shape index (κ3) is 5.63. The van der Waals surface area contributed by atoms with Gasteiger partial charge in [-0.05, 0) is 38.1 Å². The molecule has 0 saturated carbocycles. The zero-order chi connectivity index (χ0) is 15.7. The van der Waals surface area contributed by atoms with Gasteiger partial charge >= 0.3 is 5.97 Å². The molecule has 0 radical (unpaired) electrons. The van der Waals surface area contributed by atoms with Gasteiger partial charge in [-0.2, -0.15) is 0 Å². The lowest BCUT2D eigenvalue weighted by molar-refractivity contribution is -0.136. The molecule has 0 heterocycles. The van der Waals surface area contributed by atoms with Crippen LogP contribution in [0.2, 0.25) is 0 Å². The van der Waals surface area contributed by atoms with Gasteiger partial charge in [-0.3, -0.25) is 4.79 Å². The zero-order valence-corrected chi connectivity index (χ0v) is 13.2. The van der Waals surface area contributed by atoms with Crippen LogP contribution in [-0.2, 0) is 11.3 Å². The molecule has 1 aromatic rings. The van der Waals surface area contributed by atoms with Crippen molar-refractivity contribution in [2.75, 3.05) is 31.1 Å². The van der Waals surface area contributed by atoms with Crippen molar-refractivity contribution < 1.29 is 14.6 Å². The Morgan fingerprint density at radius 1 is 1.33 bits per heavy atom. The van der Waals surface area contributed by atoms with Gasteiger partial charge in [-0.15, -0.1) is 0 Å². The van der Waals surface area contributed by atoms with Crippen molar-refractivity contribution in [2.45, 2.75) is 33.7 Å². The largest absolute Gasteiger partial charge is 0.492 e. The van der Waals surface area contributed by atoms with E-state index in [1.807, 2.05) is 30.9 Å². The fraction of sp³-hybridized carbons (Fsp3) is 0.562. The van der Waals surface area contributed by atoms with Crippen LogP contribution < -0.4 is 15.0 Å². The van der Waals surface area contributed by atoms with Crippen molar-refractivity contribution in [2.24, 2.45) is 0 Å². The Hall–Kier alpha value is -1.75. The highest BCUT2D eigenvalue weighted by atomic mass is 16.5. The fourth-order valence-corrected chi connectivity index (χ4v) is 2.15. The molecule has 0 fully saturated rings. The Labute approximate surface area is 126 Å². The number of benzene rings is 1. The highest BCUT2D eigenvalue weighted by Gasteiger charge is 2.13. The number of nitrogens with zero attached hydrogens (tertiary/aromatic N) is 1. The first-order chi connectivity index (χ1) is 10.1. The lowest BCUT2D eigenvalue weighted by Gasteiger charge is -2.25. The second-order valence-electron chi connectivity index (χ2n) is 4.74. The standard InChI is InChI=1S/C16H26N2O3/c1-4-17-12-13-7-8-14(15(11-13)21-6-3)18(5-2)10-9-16(19)20/h7-8,11,17H,4-6,9-10,12H2,1-3H3,(H,19,20). The average molecular weight is 294 g/mol. The summed E-state index contributed by atoms with van der Waals surface area (Å²) in [5.74, 6) is 0.0373. The Kier molecular flexibility index (Phi) is 7.61. The van der Waals surface area contributed by atoms with Crippen LogP contribution in [-0.4, -0.2) is 37.3 Å². The summed E-state index contributed by atoms with van der Waals surface area (Å²) >= 11 is 0. The molecule has 2 N–H and O–H groups in total. The van der Waals surface area contributed by atoms with E-state index in [-0.39, 0.29) is 6.42 Å². The van der Waals surface area contributed by atoms with Crippen LogP contribution in [0.4, 0.5) is 5.69 Å². The number of anilines is 1. The Balaban J connectivity index is 2.93. The van der Waals surface area contributed by atoms with Gasteiger partial charge in [-0.25, -0.2) is 0 Å². The molecule has 0 spiro atoms. The molecular formula is C16H26N2O3. The number of rotatable bonds is 10. The van der Waals surface area contributed by atoms with Gasteiger partial charge in [0.15, 0.2) is 0 Å². The first kappa shape index (κ1) is 17.3. The van der Waals surface area contributed by atoms with Crippen LogP contribution in [0.5, 0.6) is 5.75 Å². The van der Waals surface area contributed by atoms with Gasteiger partial charge in [0, 0.05) is 19.6 Å². The number of aliphatic carboxylic acids is 1. The van der Waals surface area contributed by atoms with E-state index in [0.717, 1.165) is 31.1 Å². The van der Waals surface area contributed by atoms with Crippen LogP contribution in [0.15, 0.2) is 18.2 Å². The predicted molar refractivity (Wildman–Crippen MR) is 85.1 cm³/mol. The second-order valence-corrected chi connectivity index (χ2v) is 4.74. The van der Waals surface area contributed by atoms with Gasteiger partial charge in [0.05, 0.1) is 18.7 Å². The third-order valence-corrected chi connectivity index (χ3v) is 3.22. The van der Waals surface area contributed by atoms with Crippen molar-refractivity contribution >= 4 is 11.7 Å². The number of carbonyl (C=O) groups is 1. The van der Waals surface area contributed by atoms with E-state index in [0.29, 0.717) is 13.2 Å². The molecule has 0 aliphatic rings. The maximum absolute atomic E-state index is 10.8. The number of hydrogen-bond acceptors (Lipinski definition) is 4. The summed E-state index contributed by atoms with van der Waals surface area (Å²) in [4.78, 5) is 12.8. The molecule has 21 heavy (non-hydrogen) atoms. The molecule has 0 unspecified atom stereocenters. The topological polar surface area (TPSA) is 61.8 Å². The van der Waals surface area contributed by atoms with Gasteiger partial charge in [0.1, 0.15) is 5.75 Å². The molecule has 0 aromatic heterocycles. The third-order valence-electron chi connectivity index (χ3n) is 3.22. The molecule has 5 heteroatoms. The van der Waals surface area contributed by atoms with Gasteiger partial charge in [0.25, 0.3) is 0 Å². The maximum Gasteiger partial charge on any atom is 0.305 e. The summed E-state index contributed by atoms with van der Waals surface area (Å²) in [5.41, 5.74) is 2.12. The lowest BCUT2D eigenvalue weighted by atomic mass is 10.1. The van der Waals surface area contributed by atoms with E-state index in [9.17, 15) is 4.79 Å². The smallest absolute Gasteiger partial charge is 0.305 e. The van der Waals surface area contributed by atoms with Gasteiger partial charge in [-0.1, -0.05) is 13.0 Å². The molecule has 1 aromatic carbocycles. The molecule has 0 atom stereocenters. The monoisotopic (exact) mass is 294 g/mol. The minimum atomic E-state index is -0.782. The fourth-order valence-electron chi connectivity index (χ4n) is 2.15. The van der Waals surface area contributed by atoms with E-state index in [1.54, 1.807) is 0 Å². The average Bonchev–Trinajstić information content (AvgIpc) is 2.47.